The van der Waals surface area contributed by atoms with Crippen molar-refractivity contribution >= 4 is 22.5 Å². The lowest BCUT2D eigenvalue weighted by molar-refractivity contribution is 0.907. The number of para-hydroxylation sites is 1. The average molecular weight is 208 g/mol. The van der Waals surface area contributed by atoms with E-state index >= 15 is 0 Å². The normalized spacial score (nSPS) is 11.0. The fraction of sp³-hybridized carbons (Fsp3) is 0.333. The minimum Gasteiger partial charge on any atom is -0.350 e. The number of nitrogens with zero attached hydrogens (tertiary/aromatic N) is 1. The molecule has 0 amide bonds. The molecule has 1 aromatic heterocycles. The number of hydrogen-bond donors (Lipinski definition) is 0. The van der Waals surface area contributed by atoms with Gasteiger partial charge in [-0.1, -0.05) is 18.2 Å². The molecule has 0 radical (unpaired) electrons. The average Bonchev–Trinajstić information content (AvgIpc) is 2.54. The Hall–Kier alpha value is -0.950. The minimum absolute atomic E-state index is 0.739. The molecular formula is C12H14ClN. The van der Waals surface area contributed by atoms with Crippen LogP contribution in [0.2, 0.25) is 0 Å². The van der Waals surface area contributed by atoms with Crippen LogP contribution in [0.1, 0.15) is 12.0 Å². The number of benzene rings is 1. The Morgan fingerprint density at radius 1 is 1.29 bits per heavy atom. The molecule has 0 spiro atoms. The van der Waals surface area contributed by atoms with Gasteiger partial charge in [-0.05, 0) is 24.5 Å². The highest BCUT2D eigenvalue weighted by molar-refractivity contribution is 6.17. The molecule has 1 aromatic carbocycles. The Morgan fingerprint density at radius 3 is 2.86 bits per heavy atom. The zero-order valence-corrected chi connectivity index (χ0v) is 9.09. The molecule has 2 heteroatoms. The lowest BCUT2D eigenvalue weighted by Crippen LogP contribution is -1.84. The summed E-state index contributed by atoms with van der Waals surface area (Å²) in [5, 5.41) is 1.36. The molecule has 1 heterocycles. The van der Waals surface area contributed by atoms with Crippen LogP contribution in [0.25, 0.3) is 10.9 Å². The van der Waals surface area contributed by atoms with Crippen LogP contribution in [0.15, 0.2) is 30.5 Å². The summed E-state index contributed by atoms with van der Waals surface area (Å²) in [5.41, 5.74) is 2.71. The van der Waals surface area contributed by atoms with E-state index in [1.54, 1.807) is 0 Å². The predicted octanol–water partition coefficient (Wildman–Crippen LogP) is 3.35. The number of aromatic nitrogens is 1. The summed E-state index contributed by atoms with van der Waals surface area (Å²) in [4.78, 5) is 0. The van der Waals surface area contributed by atoms with Gasteiger partial charge in [-0.15, -0.1) is 11.6 Å². The third-order valence-corrected chi connectivity index (χ3v) is 2.83. The number of fused-ring (bicyclic) bond motifs is 1. The van der Waals surface area contributed by atoms with Gasteiger partial charge in [0, 0.05) is 30.0 Å². The molecule has 0 aliphatic rings. The quantitative estimate of drug-likeness (QED) is 0.681. The van der Waals surface area contributed by atoms with Crippen molar-refractivity contribution in [2.75, 3.05) is 5.88 Å². The topological polar surface area (TPSA) is 4.93 Å². The van der Waals surface area contributed by atoms with Crippen LogP contribution in [0.4, 0.5) is 0 Å². The van der Waals surface area contributed by atoms with Gasteiger partial charge in [-0.2, -0.15) is 0 Å². The van der Waals surface area contributed by atoms with Crippen molar-refractivity contribution in [2.45, 2.75) is 12.8 Å². The van der Waals surface area contributed by atoms with Gasteiger partial charge < -0.3 is 4.57 Å². The van der Waals surface area contributed by atoms with Crippen molar-refractivity contribution in [2.24, 2.45) is 7.05 Å². The van der Waals surface area contributed by atoms with E-state index in [-0.39, 0.29) is 0 Å². The Bertz CT molecular complexity index is 431. The first-order chi connectivity index (χ1) is 6.83. The second kappa shape index (κ2) is 4.05. The van der Waals surface area contributed by atoms with Gasteiger partial charge in [0.1, 0.15) is 0 Å². The van der Waals surface area contributed by atoms with E-state index in [1.165, 1.54) is 16.5 Å². The molecule has 0 saturated heterocycles. The van der Waals surface area contributed by atoms with Crippen molar-refractivity contribution < 1.29 is 0 Å². The van der Waals surface area contributed by atoms with Crippen LogP contribution >= 0.6 is 11.6 Å². The number of alkyl halides is 1. The lowest BCUT2D eigenvalue weighted by Gasteiger charge is -1.95. The number of hydrogen-bond acceptors (Lipinski definition) is 0. The number of rotatable bonds is 3. The van der Waals surface area contributed by atoms with E-state index in [1.807, 2.05) is 0 Å². The molecule has 0 bridgehead atoms. The van der Waals surface area contributed by atoms with Crippen LogP contribution < -0.4 is 0 Å². The lowest BCUT2D eigenvalue weighted by atomic mass is 10.1. The highest BCUT2D eigenvalue weighted by Gasteiger charge is 2.04. The first-order valence-electron chi connectivity index (χ1n) is 4.92. The molecule has 1 nitrogen and oxygen atoms in total. The standard InChI is InChI=1S/C12H14ClN/c1-14-9-10(5-4-8-13)11-6-2-3-7-12(11)14/h2-3,6-7,9H,4-5,8H2,1H3. The Labute approximate surface area is 89.3 Å². The van der Waals surface area contributed by atoms with Crippen molar-refractivity contribution in [3.63, 3.8) is 0 Å². The van der Waals surface area contributed by atoms with E-state index in [2.05, 4.69) is 42.1 Å². The zero-order valence-electron chi connectivity index (χ0n) is 8.33. The summed E-state index contributed by atoms with van der Waals surface area (Å²) in [6, 6.07) is 8.50. The van der Waals surface area contributed by atoms with Crippen molar-refractivity contribution in [3.05, 3.63) is 36.0 Å². The molecule has 0 fully saturated rings. The summed E-state index contributed by atoms with van der Waals surface area (Å²) < 4.78 is 2.18. The molecule has 2 rings (SSSR count). The molecule has 0 atom stereocenters. The summed E-state index contributed by atoms with van der Waals surface area (Å²) in [5.74, 6) is 0.739. The predicted molar refractivity (Wildman–Crippen MR) is 62.0 cm³/mol. The highest BCUT2D eigenvalue weighted by atomic mass is 35.5. The van der Waals surface area contributed by atoms with Crippen LogP contribution in [0.5, 0.6) is 0 Å². The maximum Gasteiger partial charge on any atom is 0.0480 e. The fourth-order valence-electron chi connectivity index (χ4n) is 1.88. The smallest absolute Gasteiger partial charge is 0.0480 e. The molecule has 2 aromatic rings. The van der Waals surface area contributed by atoms with Gasteiger partial charge in [0.2, 0.25) is 0 Å². The minimum atomic E-state index is 0.739. The Kier molecular flexibility index (Phi) is 2.78. The van der Waals surface area contributed by atoms with Gasteiger partial charge in [-0.25, -0.2) is 0 Å². The Morgan fingerprint density at radius 2 is 2.07 bits per heavy atom. The second-order valence-corrected chi connectivity index (χ2v) is 3.95. The second-order valence-electron chi connectivity index (χ2n) is 3.57. The molecule has 14 heavy (non-hydrogen) atoms. The molecule has 74 valence electrons. The van der Waals surface area contributed by atoms with Crippen LogP contribution in [-0.2, 0) is 13.5 Å². The van der Waals surface area contributed by atoms with E-state index in [9.17, 15) is 0 Å². The summed E-state index contributed by atoms with van der Waals surface area (Å²) in [7, 11) is 2.09. The molecule has 0 N–H and O–H groups in total. The first-order valence-corrected chi connectivity index (χ1v) is 5.45. The summed E-state index contributed by atoms with van der Waals surface area (Å²) in [6.45, 7) is 0. The van der Waals surface area contributed by atoms with Crippen LogP contribution in [0.3, 0.4) is 0 Å². The zero-order chi connectivity index (χ0) is 9.97. The Balaban J connectivity index is 2.44. The number of aryl methyl sites for hydroxylation is 2. The molecule has 0 aliphatic heterocycles. The summed E-state index contributed by atoms with van der Waals surface area (Å²) >= 11 is 5.70. The largest absolute Gasteiger partial charge is 0.350 e. The van der Waals surface area contributed by atoms with Gasteiger partial charge in [0.15, 0.2) is 0 Å². The maximum atomic E-state index is 5.70. The van der Waals surface area contributed by atoms with Crippen LogP contribution in [0, 0.1) is 0 Å². The van der Waals surface area contributed by atoms with Crippen molar-refractivity contribution in [1.82, 2.24) is 4.57 Å². The monoisotopic (exact) mass is 207 g/mol. The number of halogens is 1. The van der Waals surface area contributed by atoms with E-state index in [0.29, 0.717) is 0 Å². The van der Waals surface area contributed by atoms with Gasteiger partial charge in [-0.3, -0.25) is 0 Å². The van der Waals surface area contributed by atoms with Crippen LogP contribution in [-0.4, -0.2) is 10.4 Å². The van der Waals surface area contributed by atoms with Crippen molar-refractivity contribution in [3.8, 4) is 0 Å². The third-order valence-electron chi connectivity index (χ3n) is 2.56. The maximum absolute atomic E-state index is 5.70. The highest BCUT2D eigenvalue weighted by Crippen LogP contribution is 2.21. The third kappa shape index (κ3) is 1.64. The summed E-state index contributed by atoms with van der Waals surface area (Å²) in [6.07, 6.45) is 4.33. The van der Waals surface area contributed by atoms with Crippen molar-refractivity contribution in [1.29, 1.82) is 0 Å². The van der Waals surface area contributed by atoms with Gasteiger partial charge in [0.25, 0.3) is 0 Å². The first kappa shape index (κ1) is 9.60. The van der Waals surface area contributed by atoms with Gasteiger partial charge in [0.05, 0.1) is 0 Å². The molecule has 0 unspecified atom stereocenters. The molecule has 0 saturated carbocycles. The van der Waals surface area contributed by atoms with E-state index < -0.39 is 0 Å². The fourth-order valence-corrected chi connectivity index (χ4v) is 2.02. The molecular weight excluding hydrogens is 194 g/mol. The SMILES string of the molecule is Cn1cc(CCCCl)c2ccccc21. The van der Waals surface area contributed by atoms with E-state index in [0.717, 1.165) is 18.7 Å². The molecule has 0 aliphatic carbocycles. The van der Waals surface area contributed by atoms with Gasteiger partial charge >= 0.3 is 0 Å². The van der Waals surface area contributed by atoms with E-state index in [4.69, 9.17) is 11.6 Å².